The molecule has 260 valence electrons. The minimum absolute atomic E-state index is 0.00205. The monoisotopic (exact) mass is 669 g/mol. The van der Waals surface area contributed by atoms with Crippen LogP contribution < -0.4 is 4.90 Å². The van der Waals surface area contributed by atoms with Crippen LogP contribution in [0.5, 0.6) is 0 Å². The topological polar surface area (TPSA) is 76.9 Å². The summed E-state index contributed by atoms with van der Waals surface area (Å²) in [5.41, 5.74) is 5.49. The number of anilines is 1. The average Bonchev–Trinajstić information content (AvgIpc) is 3.40. The Labute approximate surface area is 297 Å². The zero-order chi connectivity index (χ0) is 34.7. The van der Waals surface area contributed by atoms with Crippen LogP contribution in [0.4, 0.5) is 5.82 Å². The number of hydrogen-bond donors (Lipinski definition) is 2. The van der Waals surface area contributed by atoms with Gasteiger partial charge in [0, 0.05) is 55.5 Å². The molecule has 1 aromatic heterocycles. The maximum absolute atomic E-state index is 14.5. The van der Waals surface area contributed by atoms with Crippen LogP contribution in [0.15, 0.2) is 109 Å². The van der Waals surface area contributed by atoms with E-state index in [0.717, 1.165) is 79.9 Å². The van der Waals surface area contributed by atoms with Gasteiger partial charge < -0.3 is 15.1 Å². The van der Waals surface area contributed by atoms with Gasteiger partial charge >= 0.3 is 0 Å². The van der Waals surface area contributed by atoms with Gasteiger partial charge in [-0.25, -0.2) is 4.98 Å². The van der Waals surface area contributed by atoms with Gasteiger partial charge in [-0.05, 0) is 98.2 Å². The van der Waals surface area contributed by atoms with Gasteiger partial charge in [-0.15, -0.1) is 0 Å². The first-order chi connectivity index (χ1) is 24.2. The normalized spacial score (nSPS) is 26.2. The molecule has 4 aliphatic rings. The third-order valence-corrected chi connectivity index (χ3v) is 12.0. The lowest BCUT2D eigenvalue weighted by molar-refractivity contribution is -0.0841. The van der Waals surface area contributed by atoms with Crippen LogP contribution in [0.2, 0.25) is 0 Å². The Bertz CT molecular complexity index is 1800. The zero-order valence-corrected chi connectivity index (χ0v) is 29.6. The van der Waals surface area contributed by atoms with Gasteiger partial charge in [-0.3, -0.25) is 9.69 Å². The van der Waals surface area contributed by atoms with Crippen LogP contribution in [0, 0.1) is 5.41 Å². The number of ketones is 1. The van der Waals surface area contributed by atoms with Crippen LogP contribution in [-0.4, -0.2) is 70.3 Å². The standard InChI is InChI=1S/C44H51N3O3/c1-32-9-8-22-43(2)40(21-23-44(43,50)31-46-25-27-47(28-26-46)41-12-6-7-24-45-41)38-20-14-33(29-37(48)19-13-32)30-39(38)42(49)36-17-15-35(16-18-36)34-10-4-3-5-11-34/h3-7,9-12,14-18,20,24,30,37,40,48,50H,8,13,19,21-23,25-29,31H2,1-2H3/t37-,40-,43-,44+/m0/s1. The number of rotatable bonds is 6. The molecule has 2 heterocycles. The zero-order valence-electron chi connectivity index (χ0n) is 29.6. The highest BCUT2D eigenvalue weighted by atomic mass is 16.3. The first-order valence-corrected chi connectivity index (χ1v) is 18.5. The second-order valence-electron chi connectivity index (χ2n) is 15.2. The maximum Gasteiger partial charge on any atom is 0.193 e. The largest absolute Gasteiger partial charge is 0.393 e. The van der Waals surface area contributed by atoms with Crippen molar-refractivity contribution in [3.05, 3.63) is 131 Å². The summed E-state index contributed by atoms with van der Waals surface area (Å²) in [6.45, 7) is 8.57. The molecule has 2 N–H and O–H groups in total. The summed E-state index contributed by atoms with van der Waals surface area (Å²) in [7, 11) is 0. The van der Waals surface area contributed by atoms with Crippen LogP contribution in [-0.2, 0) is 6.42 Å². The van der Waals surface area contributed by atoms with Gasteiger partial charge in [0.2, 0.25) is 0 Å². The van der Waals surface area contributed by atoms with Gasteiger partial charge in [0.1, 0.15) is 5.82 Å². The van der Waals surface area contributed by atoms with Gasteiger partial charge in [0.05, 0.1) is 11.7 Å². The molecular formula is C44H51N3O3. The summed E-state index contributed by atoms with van der Waals surface area (Å²) >= 11 is 0. The highest BCUT2D eigenvalue weighted by Gasteiger charge is 2.57. The number of carbonyl (C=O) groups excluding carboxylic acids is 1. The summed E-state index contributed by atoms with van der Waals surface area (Å²) < 4.78 is 0. The lowest BCUT2D eigenvalue weighted by Crippen LogP contribution is -2.56. The highest BCUT2D eigenvalue weighted by Crippen LogP contribution is 2.59. The molecule has 8 rings (SSSR count). The fraction of sp³-hybridized carbons (Fsp3) is 0.409. The molecule has 0 radical (unpaired) electrons. The summed E-state index contributed by atoms with van der Waals surface area (Å²) in [4.78, 5) is 23.9. The number of β-amino-alcohol motifs (C(OH)–C–C–N with tert-alkyl or cyclic N) is 1. The molecule has 6 heteroatoms. The van der Waals surface area contributed by atoms with E-state index in [-0.39, 0.29) is 11.7 Å². The number of pyridine rings is 1. The Hall–Kier alpha value is -4.10. The second-order valence-corrected chi connectivity index (χ2v) is 15.2. The quantitative estimate of drug-likeness (QED) is 0.161. The molecule has 0 amide bonds. The number of fused-ring (bicyclic) bond motifs is 8. The van der Waals surface area contributed by atoms with E-state index < -0.39 is 17.1 Å². The lowest BCUT2D eigenvalue weighted by Gasteiger charge is -2.47. The van der Waals surface area contributed by atoms with Gasteiger partial charge in [0.25, 0.3) is 0 Å². The Morgan fingerprint density at radius 3 is 2.36 bits per heavy atom. The first kappa shape index (κ1) is 34.4. The predicted octanol–water partition coefficient (Wildman–Crippen LogP) is 7.84. The minimum Gasteiger partial charge on any atom is -0.393 e. The summed E-state index contributed by atoms with van der Waals surface area (Å²) in [5.74, 6) is 1.03. The molecule has 50 heavy (non-hydrogen) atoms. The van der Waals surface area contributed by atoms with E-state index in [1.165, 1.54) is 5.57 Å². The number of nitrogens with zero attached hydrogens (tertiary/aromatic N) is 3. The van der Waals surface area contributed by atoms with Crippen molar-refractivity contribution in [1.82, 2.24) is 9.88 Å². The van der Waals surface area contributed by atoms with Crippen molar-refractivity contribution in [3.8, 4) is 11.1 Å². The Morgan fingerprint density at radius 2 is 1.62 bits per heavy atom. The number of hydrogen-bond acceptors (Lipinski definition) is 6. The number of allylic oxidation sites excluding steroid dienone is 2. The Balaban J connectivity index is 1.21. The molecular weight excluding hydrogens is 619 g/mol. The van der Waals surface area contributed by atoms with Crippen LogP contribution in [0.1, 0.15) is 85.3 Å². The van der Waals surface area contributed by atoms with Crippen molar-refractivity contribution in [2.24, 2.45) is 5.41 Å². The number of aliphatic hydroxyl groups is 2. The maximum atomic E-state index is 14.5. The third-order valence-electron chi connectivity index (χ3n) is 12.0. The molecule has 0 unspecified atom stereocenters. The van der Waals surface area contributed by atoms with Crippen LogP contribution >= 0.6 is 0 Å². The average molecular weight is 670 g/mol. The fourth-order valence-electron chi connectivity index (χ4n) is 8.84. The molecule has 2 bridgehead atoms. The van der Waals surface area contributed by atoms with Gasteiger partial charge in [-0.2, -0.15) is 0 Å². The summed E-state index contributed by atoms with van der Waals surface area (Å²) in [5, 5.41) is 23.8. The fourth-order valence-corrected chi connectivity index (χ4v) is 8.84. The minimum atomic E-state index is -0.907. The summed E-state index contributed by atoms with van der Waals surface area (Å²) in [6.07, 6.45) is 8.91. The van der Waals surface area contributed by atoms with E-state index in [0.29, 0.717) is 36.9 Å². The van der Waals surface area contributed by atoms with Crippen molar-refractivity contribution in [3.63, 3.8) is 0 Å². The smallest absolute Gasteiger partial charge is 0.193 e. The molecule has 3 aromatic carbocycles. The van der Waals surface area contributed by atoms with E-state index in [1.54, 1.807) is 0 Å². The second kappa shape index (κ2) is 14.6. The van der Waals surface area contributed by atoms with Crippen molar-refractivity contribution in [2.45, 2.75) is 76.4 Å². The van der Waals surface area contributed by atoms with Gasteiger partial charge in [0.15, 0.2) is 5.78 Å². The van der Waals surface area contributed by atoms with Crippen molar-refractivity contribution in [2.75, 3.05) is 37.6 Å². The van der Waals surface area contributed by atoms with Crippen LogP contribution in [0.3, 0.4) is 0 Å². The molecule has 6 nitrogen and oxygen atoms in total. The van der Waals surface area contributed by atoms with Gasteiger partial charge in [-0.1, -0.05) is 91.4 Å². The number of aromatic nitrogens is 1. The molecule has 2 fully saturated rings. The molecule has 4 atom stereocenters. The number of aliphatic hydroxyl groups excluding tert-OH is 1. The lowest BCUT2D eigenvalue weighted by atomic mass is 9.64. The van der Waals surface area contributed by atoms with Crippen LogP contribution in [0.25, 0.3) is 11.1 Å². The van der Waals surface area contributed by atoms with E-state index >= 15 is 0 Å². The predicted molar refractivity (Wildman–Crippen MR) is 202 cm³/mol. The molecule has 1 saturated carbocycles. The van der Waals surface area contributed by atoms with E-state index in [9.17, 15) is 15.0 Å². The third kappa shape index (κ3) is 7.07. The van der Waals surface area contributed by atoms with E-state index in [2.05, 4.69) is 65.0 Å². The van der Waals surface area contributed by atoms with E-state index in [1.807, 2.05) is 66.9 Å². The SMILES string of the molecule is CC1=CCC[C@@]2(C)[C@@H](CC[C@@]2(O)CN2CCN(c3ccccn3)CC2)c2ccc(cc2C(=O)c2ccc(-c3ccccc3)cc2)C[C@@H](O)CC1. The molecule has 1 aliphatic heterocycles. The number of piperazine rings is 1. The molecule has 3 aliphatic carbocycles. The van der Waals surface area contributed by atoms with Crippen molar-refractivity contribution < 1.29 is 15.0 Å². The van der Waals surface area contributed by atoms with Crippen molar-refractivity contribution in [1.29, 1.82) is 0 Å². The molecule has 4 aromatic rings. The Morgan fingerprint density at radius 1 is 0.880 bits per heavy atom. The number of benzene rings is 3. The first-order valence-electron chi connectivity index (χ1n) is 18.5. The van der Waals surface area contributed by atoms with Crippen molar-refractivity contribution >= 4 is 11.6 Å². The molecule has 0 spiro atoms. The number of carbonyl (C=O) groups is 1. The Kier molecular flexibility index (Phi) is 10.1. The van der Waals surface area contributed by atoms with E-state index in [4.69, 9.17) is 0 Å². The highest BCUT2D eigenvalue weighted by molar-refractivity contribution is 6.10. The molecule has 1 saturated heterocycles. The summed E-state index contributed by atoms with van der Waals surface area (Å²) in [6, 6.07) is 30.5.